The number of nitrogens with zero attached hydrogens (tertiary/aromatic N) is 2. The Labute approximate surface area is 189 Å². The molecule has 0 fully saturated rings. The highest BCUT2D eigenvalue weighted by Gasteiger charge is 2.26. The summed E-state index contributed by atoms with van der Waals surface area (Å²) in [6, 6.07) is 6.73. The maximum Gasteiger partial charge on any atom is 0.305 e. The molecule has 1 heterocycles. The highest BCUT2D eigenvalue weighted by atomic mass is 16.5. The Kier molecular flexibility index (Phi) is 8.69. The van der Waals surface area contributed by atoms with Gasteiger partial charge in [0.15, 0.2) is 5.69 Å². The number of carbonyl (C=O) groups is 2. The van der Waals surface area contributed by atoms with E-state index in [0.717, 1.165) is 0 Å². The minimum atomic E-state index is -0.950. The molecule has 0 saturated heterocycles. The first kappa shape index (κ1) is 25.2. The molecule has 8 nitrogen and oxygen atoms in total. The van der Waals surface area contributed by atoms with Crippen molar-refractivity contribution in [3.8, 4) is 22.8 Å². The lowest BCUT2D eigenvalue weighted by atomic mass is 10.0. The van der Waals surface area contributed by atoms with Crippen molar-refractivity contribution in [3.05, 3.63) is 30.0 Å². The molecule has 0 radical (unpaired) electrons. The molecule has 0 bridgehead atoms. The molecule has 176 valence electrons. The largest absolute Gasteiger partial charge is 0.496 e. The number of carbonyl (C=O) groups excluding carboxylic acids is 1. The summed E-state index contributed by atoms with van der Waals surface area (Å²) in [5.41, 5.74) is 1.63. The molecule has 2 N–H and O–H groups in total. The second-order valence-electron chi connectivity index (χ2n) is 8.78. The van der Waals surface area contributed by atoms with E-state index in [2.05, 4.69) is 24.3 Å². The molecule has 32 heavy (non-hydrogen) atoms. The predicted octanol–water partition coefficient (Wildman–Crippen LogP) is 4.40. The normalized spacial score (nSPS) is 13.2. The number of hydrogen-bond acceptors (Lipinski definition) is 5. The number of hydrogen-bond donors (Lipinski definition) is 2. The third-order valence-electron chi connectivity index (χ3n) is 5.52. The lowest BCUT2D eigenvalue weighted by molar-refractivity contribution is -0.137. The van der Waals surface area contributed by atoms with E-state index in [-0.39, 0.29) is 30.0 Å². The van der Waals surface area contributed by atoms with Crippen molar-refractivity contribution in [2.75, 3.05) is 14.2 Å². The van der Waals surface area contributed by atoms with Crippen LogP contribution in [0.1, 0.15) is 64.0 Å². The maximum atomic E-state index is 13.1. The summed E-state index contributed by atoms with van der Waals surface area (Å²) >= 11 is 0. The van der Waals surface area contributed by atoms with Gasteiger partial charge in [-0.15, -0.1) is 0 Å². The van der Waals surface area contributed by atoms with E-state index in [1.165, 1.54) is 0 Å². The average Bonchev–Trinajstić information content (AvgIpc) is 3.16. The number of carboxylic acids is 1. The van der Waals surface area contributed by atoms with E-state index in [0.29, 0.717) is 29.2 Å². The first-order valence-corrected chi connectivity index (χ1v) is 10.9. The van der Waals surface area contributed by atoms with Crippen LogP contribution >= 0.6 is 0 Å². The highest BCUT2D eigenvalue weighted by Crippen LogP contribution is 2.40. The Hall–Kier alpha value is -3.03. The Morgan fingerprint density at radius 3 is 2.16 bits per heavy atom. The van der Waals surface area contributed by atoms with Crippen LogP contribution in [-0.4, -0.2) is 47.0 Å². The van der Waals surface area contributed by atoms with Crippen LogP contribution < -0.4 is 14.8 Å². The summed E-state index contributed by atoms with van der Waals surface area (Å²) in [5.74, 6) is 0.363. The summed E-state index contributed by atoms with van der Waals surface area (Å²) in [7, 11) is 3.17. The SMILES string of the molecule is COc1cccc(OC)c1-c1cc(C(=O)NC(CC(=O)O)CC(C)C)nn1C(C)C(C)C. The lowest BCUT2D eigenvalue weighted by Gasteiger charge is -2.21. The van der Waals surface area contributed by atoms with Gasteiger partial charge in [-0.05, 0) is 43.4 Å². The van der Waals surface area contributed by atoms with Crippen molar-refractivity contribution in [2.45, 2.75) is 59.5 Å². The van der Waals surface area contributed by atoms with Crippen LogP contribution in [0.25, 0.3) is 11.3 Å². The van der Waals surface area contributed by atoms with Gasteiger partial charge in [0.2, 0.25) is 0 Å². The van der Waals surface area contributed by atoms with Gasteiger partial charge in [-0.2, -0.15) is 5.10 Å². The van der Waals surface area contributed by atoms with E-state index in [1.807, 2.05) is 43.7 Å². The van der Waals surface area contributed by atoms with Crippen LogP contribution in [0.2, 0.25) is 0 Å². The molecular formula is C24H35N3O5. The van der Waals surface area contributed by atoms with E-state index < -0.39 is 17.9 Å². The van der Waals surface area contributed by atoms with Gasteiger partial charge in [0.05, 0.1) is 37.9 Å². The number of methoxy groups -OCH3 is 2. The first-order valence-electron chi connectivity index (χ1n) is 10.9. The van der Waals surface area contributed by atoms with Gasteiger partial charge in [-0.1, -0.05) is 33.8 Å². The fraction of sp³-hybridized carbons (Fsp3) is 0.542. The first-order chi connectivity index (χ1) is 15.1. The van der Waals surface area contributed by atoms with Crippen molar-refractivity contribution in [1.29, 1.82) is 0 Å². The Morgan fingerprint density at radius 2 is 1.69 bits per heavy atom. The van der Waals surface area contributed by atoms with Crippen LogP contribution in [0.3, 0.4) is 0 Å². The summed E-state index contributed by atoms with van der Waals surface area (Å²) in [6.07, 6.45) is 0.425. The molecule has 2 atom stereocenters. The summed E-state index contributed by atoms with van der Waals surface area (Å²) < 4.78 is 13.0. The lowest BCUT2D eigenvalue weighted by Crippen LogP contribution is -2.37. The molecule has 0 saturated carbocycles. The van der Waals surface area contributed by atoms with Crippen LogP contribution in [0, 0.1) is 11.8 Å². The monoisotopic (exact) mass is 445 g/mol. The molecule has 2 rings (SSSR count). The Bertz CT molecular complexity index is 913. The standard InChI is InChI=1S/C24H35N3O5/c1-14(2)11-17(12-22(28)29)25-24(30)18-13-19(27(26-18)16(5)15(3)4)23-20(31-6)9-8-10-21(23)32-7/h8-10,13-17H,11-12H2,1-7H3,(H,25,30)(H,28,29). The number of rotatable bonds is 11. The molecule has 1 amide bonds. The zero-order valence-corrected chi connectivity index (χ0v) is 20.0. The van der Waals surface area contributed by atoms with E-state index in [1.54, 1.807) is 20.3 Å². The van der Waals surface area contributed by atoms with Crippen LogP contribution in [0.15, 0.2) is 24.3 Å². The molecular weight excluding hydrogens is 410 g/mol. The number of ether oxygens (including phenoxy) is 2. The van der Waals surface area contributed by atoms with Crippen molar-refractivity contribution < 1.29 is 24.2 Å². The fourth-order valence-electron chi connectivity index (χ4n) is 3.62. The van der Waals surface area contributed by atoms with Crippen molar-refractivity contribution >= 4 is 11.9 Å². The van der Waals surface area contributed by atoms with Crippen molar-refractivity contribution in [1.82, 2.24) is 15.1 Å². The average molecular weight is 446 g/mol. The van der Waals surface area contributed by atoms with E-state index in [4.69, 9.17) is 9.47 Å². The van der Waals surface area contributed by atoms with E-state index in [9.17, 15) is 14.7 Å². The molecule has 8 heteroatoms. The molecule has 0 aliphatic rings. The number of aliphatic carboxylic acids is 1. The zero-order chi connectivity index (χ0) is 24.0. The van der Waals surface area contributed by atoms with Gasteiger partial charge in [0, 0.05) is 6.04 Å². The quantitative estimate of drug-likeness (QED) is 0.531. The number of nitrogens with one attached hydrogen (secondary N) is 1. The number of aromatic nitrogens is 2. The van der Waals surface area contributed by atoms with Crippen molar-refractivity contribution in [3.63, 3.8) is 0 Å². The third kappa shape index (κ3) is 6.02. The summed E-state index contributed by atoms with van der Waals surface area (Å²) in [4.78, 5) is 24.3. The van der Waals surface area contributed by atoms with Crippen LogP contribution in [-0.2, 0) is 4.79 Å². The Morgan fingerprint density at radius 1 is 1.09 bits per heavy atom. The van der Waals surface area contributed by atoms with Crippen LogP contribution in [0.5, 0.6) is 11.5 Å². The molecule has 0 aliphatic carbocycles. The fourth-order valence-corrected chi connectivity index (χ4v) is 3.62. The number of amides is 1. The van der Waals surface area contributed by atoms with Gasteiger partial charge in [-0.25, -0.2) is 0 Å². The zero-order valence-electron chi connectivity index (χ0n) is 20.0. The summed E-state index contributed by atoms with van der Waals surface area (Å²) in [5, 5.41) is 16.7. The number of benzene rings is 1. The molecule has 0 spiro atoms. The molecule has 0 aliphatic heterocycles. The van der Waals surface area contributed by atoms with Gasteiger partial charge in [0.25, 0.3) is 5.91 Å². The van der Waals surface area contributed by atoms with Crippen molar-refractivity contribution in [2.24, 2.45) is 11.8 Å². The van der Waals surface area contributed by atoms with Gasteiger partial charge in [-0.3, -0.25) is 14.3 Å². The smallest absolute Gasteiger partial charge is 0.305 e. The molecule has 1 aromatic carbocycles. The number of carboxylic acid groups (broad SMARTS) is 1. The minimum absolute atomic E-state index is 0.00773. The van der Waals surface area contributed by atoms with Gasteiger partial charge in [0.1, 0.15) is 11.5 Å². The second-order valence-corrected chi connectivity index (χ2v) is 8.78. The minimum Gasteiger partial charge on any atom is -0.496 e. The van der Waals surface area contributed by atoms with E-state index >= 15 is 0 Å². The second kappa shape index (κ2) is 11.0. The Balaban J connectivity index is 2.54. The van der Waals surface area contributed by atoms with Gasteiger partial charge >= 0.3 is 5.97 Å². The predicted molar refractivity (Wildman–Crippen MR) is 123 cm³/mol. The maximum absolute atomic E-state index is 13.1. The third-order valence-corrected chi connectivity index (χ3v) is 5.52. The highest BCUT2D eigenvalue weighted by molar-refractivity contribution is 5.94. The molecule has 2 unspecified atom stereocenters. The van der Waals surface area contributed by atoms with Gasteiger partial charge < -0.3 is 19.9 Å². The van der Waals surface area contributed by atoms with Crippen LogP contribution in [0.4, 0.5) is 0 Å². The molecule has 1 aromatic heterocycles. The summed E-state index contributed by atoms with van der Waals surface area (Å²) in [6.45, 7) is 10.2. The topological polar surface area (TPSA) is 103 Å². The molecule has 2 aromatic rings.